The van der Waals surface area contributed by atoms with Gasteiger partial charge in [0, 0.05) is 11.3 Å². The Morgan fingerprint density at radius 2 is 1.79 bits per heavy atom. The van der Waals surface area contributed by atoms with E-state index in [4.69, 9.17) is 0 Å². The second kappa shape index (κ2) is 7.07. The van der Waals surface area contributed by atoms with Gasteiger partial charge in [-0.3, -0.25) is 4.79 Å². The van der Waals surface area contributed by atoms with Crippen molar-refractivity contribution in [2.45, 2.75) is 33.4 Å². The van der Waals surface area contributed by atoms with Gasteiger partial charge in [0.05, 0.1) is 5.56 Å². The molecule has 1 N–H and O–H groups in total. The van der Waals surface area contributed by atoms with Crippen molar-refractivity contribution in [1.82, 2.24) is 0 Å². The lowest BCUT2D eigenvalue weighted by Gasteiger charge is -2.12. The van der Waals surface area contributed by atoms with E-state index in [9.17, 15) is 18.0 Å². The average Bonchev–Trinajstić information content (AvgIpc) is 2.49. The molecule has 2 nitrogen and oxygen atoms in total. The Balaban J connectivity index is 2.21. The highest BCUT2D eigenvalue weighted by Crippen LogP contribution is 2.29. The van der Waals surface area contributed by atoms with E-state index in [-0.39, 0.29) is 5.56 Å². The fourth-order valence-corrected chi connectivity index (χ4v) is 2.36. The van der Waals surface area contributed by atoms with Gasteiger partial charge in [-0.2, -0.15) is 13.2 Å². The maximum absolute atomic E-state index is 12.7. The lowest BCUT2D eigenvalue weighted by molar-refractivity contribution is -0.137. The fraction of sp³-hybridized carbons (Fsp3) is 0.263. The van der Waals surface area contributed by atoms with Crippen LogP contribution in [-0.2, 0) is 12.6 Å². The van der Waals surface area contributed by atoms with Crippen LogP contribution in [0.3, 0.4) is 0 Å². The molecule has 2 aromatic carbocycles. The largest absolute Gasteiger partial charge is 0.416 e. The van der Waals surface area contributed by atoms with Crippen LogP contribution in [0.15, 0.2) is 42.5 Å². The van der Waals surface area contributed by atoms with E-state index in [0.29, 0.717) is 5.69 Å². The van der Waals surface area contributed by atoms with Crippen molar-refractivity contribution in [3.8, 4) is 0 Å². The second-order valence-electron chi connectivity index (χ2n) is 6.06. The van der Waals surface area contributed by atoms with Crippen LogP contribution in [0.5, 0.6) is 0 Å². The molecule has 1 radical (unpaired) electrons. The summed E-state index contributed by atoms with van der Waals surface area (Å²) in [4.78, 5) is 12.2. The number of amides is 1. The van der Waals surface area contributed by atoms with Crippen LogP contribution >= 0.6 is 0 Å². The summed E-state index contributed by atoms with van der Waals surface area (Å²) in [5, 5.41) is 2.66. The molecule has 2 rings (SSSR count). The number of aryl methyl sites for hydroxylation is 1. The molecule has 2 aromatic rings. The van der Waals surface area contributed by atoms with Crippen molar-refractivity contribution in [2.24, 2.45) is 0 Å². The molecule has 0 unspecified atom stereocenters. The monoisotopic (exact) mass is 334 g/mol. The van der Waals surface area contributed by atoms with Crippen molar-refractivity contribution in [3.63, 3.8) is 0 Å². The van der Waals surface area contributed by atoms with Gasteiger partial charge in [0.15, 0.2) is 0 Å². The normalized spacial score (nSPS) is 11.6. The summed E-state index contributed by atoms with van der Waals surface area (Å²) in [7, 11) is 0. The molecule has 24 heavy (non-hydrogen) atoms. The van der Waals surface area contributed by atoms with E-state index in [0.717, 1.165) is 29.7 Å². The van der Waals surface area contributed by atoms with Gasteiger partial charge >= 0.3 is 6.18 Å². The minimum Gasteiger partial charge on any atom is -0.322 e. The summed E-state index contributed by atoms with van der Waals surface area (Å²) in [6, 6.07) is 9.88. The molecule has 0 bridgehead atoms. The van der Waals surface area contributed by atoms with Gasteiger partial charge < -0.3 is 5.32 Å². The summed E-state index contributed by atoms with van der Waals surface area (Å²) in [5.41, 5.74) is 1.89. The van der Waals surface area contributed by atoms with Crippen LogP contribution in [0.25, 0.3) is 0 Å². The summed E-state index contributed by atoms with van der Waals surface area (Å²) in [5.74, 6) is 0.674. The number of rotatable bonds is 4. The molecule has 127 valence electrons. The molecule has 0 aliphatic carbocycles. The predicted molar refractivity (Wildman–Crippen MR) is 88.9 cm³/mol. The SMILES string of the molecule is C[C](C)Cc1cc(NC(=O)c2cccc(C(F)(F)F)c2)ccc1C. The molecule has 0 fully saturated rings. The Bertz CT molecular complexity index is 736. The number of hydrogen-bond donors (Lipinski definition) is 1. The predicted octanol–water partition coefficient (Wildman–Crippen LogP) is 5.42. The first-order valence-electron chi connectivity index (χ1n) is 7.54. The van der Waals surface area contributed by atoms with Gasteiger partial charge in [-0.25, -0.2) is 0 Å². The molecule has 0 aliphatic heterocycles. The van der Waals surface area contributed by atoms with E-state index in [1.807, 2.05) is 32.9 Å². The molecule has 1 amide bonds. The molecular weight excluding hydrogens is 315 g/mol. The van der Waals surface area contributed by atoms with Crippen molar-refractivity contribution in [2.75, 3.05) is 5.32 Å². The molecule has 5 heteroatoms. The van der Waals surface area contributed by atoms with Crippen molar-refractivity contribution >= 4 is 11.6 Å². The Hall–Kier alpha value is -2.30. The zero-order valence-corrected chi connectivity index (χ0v) is 13.8. The van der Waals surface area contributed by atoms with Gasteiger partial charge in [0.2, 0.25) is 0 Å². The maximum atomic E-state index is 12.7. The van der Waals surface area contributed by atoms with E-state index in [2.05, 4.69) is 5.32 Å². The third-order valence-corrected chi connectivity index (χ3v) is 3.60. The first-order valence-corrected chi connectivity index (χ1v) is 7.54. The molecule has 0 aliphatic rings. The number of carbonyl (C=O) groups excluding carboxylic acids is 1. The maximum Gasteiger partial charge on any atom is 0.416 e. The highest BCUT2D eigenvalue weighted by atomic mass is 19.4. The first kappa shape index (κ1) is 18.0. The van der Waals surface area contributed by atoms with Crippen molar-refractivity contribution in [1.29, 1.82) is 0 Å². The van der Waals surface area contributed by atoms with Crippen LogP contribution in [-0.4, -0.2) is 5.91 Å². The quantitative estimate of drug-likeness (QED) is 0.794. The number of hydrogen-bond acceptors (Lipinski definition) is 1. The average molecular weight is 334 g/mol. The van der Waals surface area contributed by atoms with Gasteiger partial charge in [-0.15, -0.1) is 0 Å². The van der Waals surface area contributed by atoms with Gasteiger partial charge in [0.25, 0.3) is 5.91 Å². The Morgan fingerprint density at radius 3 is 2.42 bits per heavy atom. The third kappa shape index (κ3) is 4.60. The van der Waals surface area contributed by atoms with Crippen molar-refractivity contribution in [3.05, 3.63) is 70.6 Å². The summed E-state index contributed by atoms with van der Waals surface area (Å²) in [6.07, 6.45) is -3.68. The van der Waals surface area contributed by atoms with Gasteiger partial charge in [-0.1, -0.05) is 26.0 Å². The minimum absolute atomic E-state index is 0.0230. The van der Waals surface area contributed by atoms with E-state index >= 15 is 0 Å². The Labute approximate surface area is 139 Å². The minimum atomic E-state index is -4.47. The van der Waals surface area contributed by atoms with Crippen LogP contribution < -0.4 is 5.32 Å². The molecule has 0 spiro atoms. The third-order valence-electron chi connectivity index (χ3n) is 3.60. The number of benzene rings is 2. The number of nitrogens with one attached hydrogen (secondary N) is 1. The topological polar surface area (TPSA) is 29.1 Å². The summed E-state index contributed by atoms with van der Waals surface area (Å²) >= 11 is 0. The van der Waals surface area contributed by atoms with Crippen LogP contribution in [0.4, 0.5) is 18.9 Å². The van der Waals surface area contributed by atoms with E-state index in [1.165, 1.54) is 18.1 Å². The smallest absolute Gasteiger partial charge is 0.322 e. The summed E-state index contributed by atoms with van der Waals surface area (Å²) < 4.78 is 38.2. The second-order valence-corrected chi connectivity index (χ2v) is 6.06. The van der Waals surface area contributed by atoms with Crippen LogP contribution in [0.2, 0.25) is 0 Å². The highest BCUT2D eigenvalue weighted by molar-refractivity contribution is 6.04. The molecule has 0 saturated carbocycles. The van der Waals surface area contributed by atoms with E-state index in [1.54, 1.807) is 6.07 Å². The zero-order chi connectivity index (χ0) is 17.9. The van der Waals surface area contributed by atoms with E-state index < -0.39 is 17.6 Å². The molecule has 0 saturated heterocycles. The number of halogens is 3. The zero-order valence-electron chi connectivity index (χ0n) is 13.8. The number of anilines is 1. The molecule has 0 atom stereocenters. The standard InChI is InChI=1S/C19H19F3NO/c1-12(2)9-15-11-17(8-7-13(15)3)23-18(24)14-5-4-6-16(10-14)19(20,21)22/h4-8,10-11H,9H2,1-3H3,(H,23,24). The van der Waals surface area contributed by atoms with Crippen molar-refractivity contribution < 1.29 is 18.0 Å². The number of alkyl halides is 3. The highest BCUT2D eigenvalue weighted by Gasteiger charge is 2.30. The molecular formula is C19H19F3NO. The fourth-order valence-electron chi connectivity index (χ4n) is 2.36. The lowest BCUT2D eigenvalue weighted by Crippen LogP contribution is -2.14. The first-order chi connectivity index (χ1) is 11.2. The number of carbonyl (C=O) groups is 1. The molecule has 0 aromatic heterocycles. The summed E-state index contributed by atoms with van der Waals surface area (Å²) in [6.45, 7) is 6.03. The lowest BCUT2D eigenvalue weighted by atomic mass is 9.98. The Kier molecular flexibility index (Phi) is 5.32. The van der Waals surface area contributed by atoms with Gasteiger partial charge in [0.1, 0.15) is 0 Å². The van der Waals surface area contributed by atoms with Gasteiger partial charge in [-0.05, 0) is 60.7 Å². The van der Waals surface area contributed by atoms with Crippen LogP contribution in [0, 0.1) is 12.8 Å². The van der Waals surface area contributed by atoms with Crippen LogP contribution in [0.1, 0.15) is 40.9 Å². The Morgan fingerprint density at radius 1 is 1.08 bits per heavy atom. The molecule has 0 heterocycles.